The summed E-state index contributed by atoms with van der Waals surface area (Å²) in [4.78, 5) is 14.9. The number of carbonyl (C=O) groups excluding carboxylic acids is 1. The summed E-state index contributed by atoms with van der Waals surface area (Å²) in [6.45, 7) is 3.44. The third-order valence-electron chi connectivity index (χ3n) is 5.71. The fourth-order valence-electron chi connectivity index (χ4n) is 4.34. The summed E-state index contributed by atoms with van der Waals surface area (Å²) in [5, 5.41) is 3.20. The average molecular weight is 402 g/mol. The largest absolute Gasteiger partial charge is 0.493 e. The standard InChI is InChI=1S/C22H27N3O2.ClH/c23-12-17-13-25(14-19(17)16-6-2-1-3-7-16)15-22(26)24-20-10-11-27-21-9-5-4-8-18(20)21;/h1-9,17,19-20H,10-15,23H2,(H,24,26);1H/t17-,19+,20?;/m1./s1. The molecule has 1 unspecified atom stereocenters. The van der Waals surface area contributed by atoms with Gasteiger partial charge in [-0.25, -0.2) is 0 Å². The predicted octanol–water partition coefficient (Wildman–Crippen LogP) is 2.72. The van der Waals surface area contributed by atoms with E-state index >= 15 is 0 Å². The van der Waals surface area contributed by atoms with Crippen LogP contribution in [-0.4, -0.2) is 43.6 Å². The van der Waals surface area contributed by atoms with E-state index in [1.165, 1.54) is 5.56 Å². The molecule has 28 heavy (non-hydrogen) atoms. The molecule has 0 aliphatic carbocycles. The van der Waals surface area contributed by atoms with Crippen molar-refractivity contribution in [3.05, 3.63) is 65.7 Å². The van der Waals surface area contributed by atoms with Crippen LogP contribution in [0.4, 0.5) is 0 Å². The van der Waals surface area contributed by atoms with E-state index in [9.17, 15) is 4.79 Å². The number of benzene rings is 2. The number of rotatable bonds is 5. The molecule has 0 bridgehead atoms. The molecule has 2 aliphatic heterocycles. The van der Waals surface area contributed by atoms with Gasteiger partial charge in [0.1, 0.15) is 5.75 Å². The van der Waals surface area contributed by atoms with E-state index in [0.717, 1.165) is 30.8 Å². The summed E-state index contributed by atoms with van der Waals surface area (Å²) in [7, 11) is 0. The molecule has 5 nitrogen and oxygen atoms in total. The highest BCUT2D eigenvalue weighted by Gasteiger charge is 2.34. The number of likely N-dealkylation sites (tertiary alicyclic amines) is 1. The summed E-state index contributed by atoms with van der Waals surface area (Å²) in [6.07, 6.45) is 0.806. The van der Waals surface area contributed by atoms with Gasteiger partial charge in [0.25, 0.3) is 0 Å². The van der Waals surface area contributed by atoms with Crippen molar-refractivity contribution in [3.63, 3.8) is 0 Å². The zero-order chi connectivity index (χ0) is 18.6. The lowest BCUT2D eigenvalue weighted by molar-refractivity contribution is -0.123. The second kappa shape index (κ2) is 9.41. The molecular formula is C22H28ClN3O2. The van der Waals surface area contributed by atoms with E-state index in [-0.39, 0.29) is 24.4 Å². The summed E-state index contributed by atoms with van der Waals surface area (Å²) in [5.74, 6) is 1.74. The topological polar surface area (TPSA) is 67.6 Å². The normalized spacial score (nSPS) is 24.0. The van der Waals surface area contributed by atoms with Crippen LogP contribution in [0.3, 0.4) is 0 Å². The molecule has 6 heteroatoms. The van der Waals surface area contributed by atoms with Gasteiger partial charge in [0.15, 0.2) is 0 Å². The average Bonchev–Trinajstić information content (AvgIpc) is 3.11. The summed E-state index contributed by atoms with van der Waals surface area (Å²) >= 11 is 0. The quantitative estimate of drug-likeness (QED) is 0.808. The summed E-state index contributed by atoms with van der Waals surface area (Å²) in [5.41, 5.74) is 8.40. The van der Waals surface area contributed by atoms with Crippen LogP contribution in [0.2, 0.25) is 0 Å². The van der Waals surface area contributed by atoms with Gasteiger partial charge in [0.05, 0.1) is 19.2 Å². The maximum atomic E-state index is 12.7. The Hall–Kier alpha value is -2.08. The smallest absolute Gasteiger partial charge is 0.234 e. The molecule has 0 spiro atoms. The van der Waals surface area contributed by atoms with E-state index in [4.69, 9.17) is 10.5 Å². The molecule has 1 saturated heterocycles. The van der Waals surface area contributed by atoms with E-state index in [2.05, 4.69) is 34.5 Å². The highest BCUT2D eigenvalue weighted by Crippen LogP contribution is 2.33. The third-order valence-corrected chi connectivity index (χ3v) is 5.71. The van der Waals surface area contributed by atoms with Crippen molar-refractivity contribution in [1.82, 2.24) is 10.2 Å². The van der Waals surface area contributed by atoms with E-state index in [1.54, 1.807) is 0 Å². The summed E-state index contributed by atoms with van der Waals surface area (Å²) in [6, 6.07) is 18.5. The van der Waals surface area contributed by atoms with Crippen LogP contribution in [-0.2, 0) is 4.79 Å². The predicted molar refractivity (Wildman–Crippen MR) is 113 cm³/mol. The number of ether oxygens (including phenoxy) is 1. The van der Waals surface area contributed by atoms with Crippen LogP contribution in [0.1, 0.15) is 29.5 Å². The van der Waals surface area contributed by atoms with Crippen molar-refractivity contribution < 1.29 is 9.53 Å². The molecule has 1 amide bonds. The number of nitrogens with zero attached hydrogens (tertiary/aromatic N) is 1. The Morgan fingerprint density at radius 3 is 2.64 bits per heavy atom. The minimum Gasteiger partial charge on any atom is -0.493 e. The molecule has 2 aliphatic rings. The molecule has 3 N–H and O–H groups in total. The van der Waals surface area contributed by atoms with Gasteiger partial charge in [0, 0.05) is 31.0 Å². The number of nitrogens with one attached hydrogen (secondary N) is 1. The molecular weight excluding hydrogens is 374 g/mol. The number of halogens is 1. The van der Waals surface area contributed by atoms with Gasteiger partial charge in [-0.15, -0.1) is 12.4 Å². The number of hydrogen-bond acceptors (Lipinski definition) is 4. The Balaban J connectivity index is 0.00000225. The zero-order valence-corrected chi connectivity index (χ0v) is 16.7. The van der Waals surface area contributed by atoms with E-state index in [0.29, 0.717) is 31.5 Å². The Morgan fingerprint density at radius 1 is 1.11 bits per heavy atom. The lowest BCUT2D eigenvalue weighted by atomic mass is 9.89. The number of fused-ring (bicyclic) bond motifs is 1. The van der Waals surface area contributed by atoms with Crippen molar-refractivity contribution in [3.8, 4) is 5.75 Å². The third kappa shape index (κ3) is 4.49. The first kappa shape index (κ1) is 20.6. The monoisotopic (exact) mass is 401 g/mol. The summed E-state index contributed by atoms with van der Waals surface area (Å²) < 4.78 is 5.68. The minimum absolute atomic E-state index is 0. The van der Waals surface area contributed by atoms with E-state index < -0.39 is 0 Å². The molecule has 1 fully saturated rings. The number of para-hydroxylation sites is 1. The Morgan fingerprint density at radius 2 is 1.86 bits per heavy atom. The van der Waals surface area contributed by atoms with Gasteiger partial charge < -0.3 is 15.8 Å². The molecule has 0 saturated carbocycles. The van der Waals surface area contributed by atoms with Crippen LogP contribution < -0.4 is 15.8 Å². The van der Waals surface area contributed by atoms with Crippen LogP contribution >= 0.6 is 12.4 Å². The first-order chi connectivity index (χ1) is 13.2. The second-order valence-corrected chi connectivity index (χ2v) is 7.50. The molecule has 3 atom stereocenters. The van der Waals surface area contributed by atoms with Gasteiger partial charge in [-0.05, 0) is 24.1 Å². The Bertz CT molecular complexity index is 786. The molecule has 0 aromatic heterocycles. The van der Waals surface area contributed by atoms with Crippen LogP contribution in [0.25, 0.3) is 0 Å². The molecule has 2 heterocycles. The molecule has 2 aromatic rings. The van der Waals surface area contributed by atoms with Crippen LogP contribution in [0.5, 0.6) is 5.75 Å². The lowest BCUT2D eigenvalue weighted by Gasteiger charge is -2.27. The molecule has 2 aromatic carbocycles. The second-order valence-electron chi connectivity index (χ2n) is 7.50. The highest BCUT2D eigenvalue weighted by atomic mass is 35.5. The maximum absolute atomic E-state index is 12.7. The fraction of sp³-hybridized carbons (Fsp3) is 0.409. The number of nitrogens with two attached hydrogens (primary N) is 1. The van der Waals surface area contributed by atoms with Crippen molar-refractivity contribution in [2.45, 2.75) is 18.4 Å². The Kier molecular flexibility index (Phi) is 6.94. The zero-order valence-electron chi connectivity index (χ0n) is 15.9. The van der Waals surface area contributed by atoms with Crippen LogP contribution in [0.15, 0.2) is 54.6 Å². The molecule has 150 valence electrons. The van der Waals surface area contributed by atoms with Crippen molar-refractivity contribution >= 4 is 18.3 Å². The van der Waals surface area contributed by atoms with Crippen LogP contribution in [0, 0.1) is 5.92 Å². The minimum atomic E-state index is 0. The maximum Gasteiger partial charge on any atom is 0.234 e. The first-order valence-corrected chi connectivity index (χ1v) is 9.73. The number of amides is 1. The fourth-order valence-corrected chi connectivity index (χ4v) is 4.34. The number of carbonyl (C=O) groups is 1. The molecule has 4 rings (SSSR count). The number of hydrogen-bond donors (Lipinski definition) is 2. The van der Waals surface area contributed by atoms with Gasteiger partial charge in [-0.3, -0.25) is 9.69 Å². The lowest BCUT2D eigenvalue weighted by Crippen LogP contribution is -2.39. The van der Waals surface area contributed by atoms with Gasteiger partial charge in [-0.2, -0.15) is 0 Å². The SMILES string of the molecule is Cl.NC[C@@H]1CN(CC(=O)NC2CCOc3ccccc32)C[C@H]1c1ccccc1. The highest BCUT2D eigenvalue weighted by molar-refractivity contribution is 5.85. The Labute approximate surface area is 172 Å². The van der Waals surface area contributed by atoms with Gasteiger partial charge >= 0.3 is 0 Å². The van der Waals surface area contributed by atoms with E-state index in [1.807, 2.05) is 30.3 Å². The molecule has 0 radical (unpaired) electrons. The van der Waals surface area contributed by atoms with Crippen molar-refractivity contribution in [1.29, 1.82) is 0 Å². The van der Waals surface area contributed by atoms with Gasteiger partial charge in [-0.1, -0.05) is 48.5 Å². The van der Waals surface area contributed by atoms with Crippen molar-refractivity contribution in [2.24, 2.45) is 11.7 Å². The first-order valence-electron chi connectivity index (χ1n) is 9.73. The van der Waals surface area contributed by atoms with Crippen molar-refractivity contribution in [2.75, 3.05) is 32.8 Å². The van der Waals surface area contributed by atoms with Gasteiger partial charge in [0.2, 0.25) is 5.91 Å².